The summed E-state index contributed by atoms with van der Waals surface area (Å²) in [4.78, 5) is 21.9. The molecular formula is C16H16N2O5. The average molecular weight is 316 g/mol. The Morgan fingerprint density at radius 1 is 1.22 bits per heavy atom. The van der Waals surface area contributed by atoms with Crippen LogP contribution in [0.25, 0.3) is 0 Å². The third-order valence-electron chi connectivity index (χ3n) is 3.03. The van der Waals surface area contributed by atoms with Gasteiger partial charge in [-0.05, 0) is 5.56 Å². The Morgan fingerprint density at radius 2 is 1.91 bits per heavy atom. The normalized spacial score (nSPS) is 10.0. The minimum Gasteiger partial charge on any atom is -0.490 e. The molecule has 23 heavy (non-hydrogen) atoms. The quantitative estimate of drug-likeness (QED) is 0.653. The van der Waals surface area contributed by atoms with E-state index in [0.717, 1.165) is 5.56 Å². The SMILES string of the molecule is COc1cc(NC(C)=O)c(OCc2ccccc2)cc1[N+](=O)[O-]. The molecule has 2 rings (SSSR count). The van der Waals surface area contributed by atoms with E-state index in [1.165, 1.54) is 26.2 Å². The first-order valence-corrected chi connectivity index (χ1v) is 6.82. The minimum absolute atomic E-state index is 0.0470. The third kappa shape index (κ3) is 4.19. The fourth-order valence-electron chi connectivity index (χ4n) is 2.00. The smallest absolute Gasteiger partial charge is 0.314 e. The zero-order chi connectivity index (χ0) is 16.8. The van der Waals surface area contributed by atoms with Gasteiger partial charge in [-0.15, -0.1) is 0 Å². The third-order valence-corrected chi connectivity index (χ3v) is 3.03. The lowest BCUT2D eigenvalue weighted by molar-refractivity contribution is -0.385. The van der Waals surface area contributed by atoms with E-state index in [9.17, 15) is 14.9 Å². The zero-order valence-electron chi connectivity index (χ0n) is 12.7. The lowest BCUT2D eigenvalue weighted by Crippen LogP contribution is -2.09. The van der Waals surface area contributed by atoms with Gasteiger partial charge in [0, 0.05) is 13.0 Å². The number of rotatable bonds is 6. The van der Waals surface area contributed by atoms with Crippen LogP contribution in [0.15, 0.2) is 42.5 Å². The van der Waals surface area contributed by atoms with Gasteiger partial charge in [0.25, 0.3) is 0 Å². The highest BCUT2D eigenvalue weighted by molar-refractivity contribution is 5.91. The Hall–Kier alpha value is -3.09. The Kier molecular flexibility index (Phi) is 5.14. The van der Waals surface area contributed by atoms with E-state index >= 15 is 0 Å². The molecule has 0 spiro atoms. The number of nitro groups is 1. The van der Waals surface area contributed by atoms with Crippen molar-refractivity contribution < 1.29 is 19.2 Å². The number of anilines is 1. The zero-order valence-corrected chi connectivity index (χ0v) is 12.7. The summed E-state index contributed by atoms with van der Waals surface area (Å²) >= 11 is 0. The number of carbonyl (C=O) groups excluding carboxylic acids is 1. The largest absolute Gasteiger partial charge is 0.490 e. The Morgan fingerprint density at radius 3 is 2.48 bits per heavy atom. The Balaban J connectivity index is 2.35. The van der Waals surface area contributed by atoms with Crippen LogP contribution < -0.4 is 14.8 Å². The van der Waals surface area contributed by atoms with E-state index in [2.05, 4.69) is 5.32 Å². The molecule has 1 N–H and O–H groups in total. The van der Waals surface area contributed by atoms with Crippen LogP contribution in [0.4, 0.5) is 11.4 Å². The molecule has 7 nitrogen and oxygen atoms in total. The van der Waals surface area contributed by atoms with Crippen LogP contribution in [-0.2, 0) is 11.4 Å². The number of nitrogens with one attached hydrogen (secondary N) is 1. The first-order valence-electron chi connectivity index (χ1n) is 6.82. The van der Waals surface area contributed by atoms with Crippen molar-refractivity contribution in [2.75, 3.05) is 12.4 Å². The van der Waals surface area contributed by atoms with Crippen molar-refractivity contribution in [3.8, 4) is 11.5 Å². The number of methoxy groups -OCH3 is 1. The van der Waals surface area contributed by atoms with Gasteiger partial charge in [-0.1, -0.05) is 30.3 Å². The lowest BCUT2D eigenvalue weighted by Gasteiger charge is -2.13. The van der Waals surface area contributed by atoms with Gasteiger partial charge in [-0.2, -0.15) is 0 Å². The van der Waals surface area contributed by atoms with Crippen molar-refractivity contribution in [2.45, 2.75) is 13.5 Å². The van der Waals surface area contributed by atoms with E-state index in [-0.39, 0.29) is 29.7 Å². The fourth-order valence-corrected chi connectivity index (χ4v) is 2.00. The summed E-state index contributed by atoms with van der Waals surface area (Å²) in [5, 5.41) is 13.7. The molecular weight excluding hydrogens is 300 g/mol. The molecule has 2 aromatic carbocycles. The highest BCUT2D eigenvalue weighted by Gasteiger charge is 2.20. The molecule has 120 valence electrons. The molecule has 0 heterocycles. The number of amides is 1. The van der Waals surface area contributed by atoms with Crippen LogP contribution in [0.2, 0.25) is 0 Å². The monoisotopic (exact) mass is 316 g/mol. The molecule has 7 heteroatoms. The number of nitro benzene ring substituents is 1. The van der Waals surface area contributed by atoms with E-state index in [0.29, 0.717) is 5.69 Å². The van der Waals surface area contributed by atoms with Gasteiger partial charge in [0.2, 0.25) is 5.91 Å². The van der Waals surface area contributed by atoms with E-state index < -0.39 is 4.92 Å². The van der Waals surface area contributed by atoms with Crippen LogP contribution in [0.1, 0.15) is 12.5 Å². The molecule has 1 amide bonds. The molecule has 0 atom stereocenters. The summed E-state index contributed by atoms with van der Waals surface area (Å²) in [6, 6.07) is 12.0. The average Bonchev–Trinajstić information content (AvgIpc) is 2.53. The highest BCUT2D eigenvalue weighted by Crippen LogP contribution is 2.38. The van der Waals surface area contributed by atoms with Gasteiger partial charge < -0.3 is 14.8 Å². The second-order valence-electron chi connectivity index (χ2n) is 4.73. The van der Waals surface area contributed by atoms with Gasteiger partial charge in [0.1, 0.15) is 12.4 Å². The summed E-state index contributed by atoms with van der Waals surface area (Å²) in [7, 11) is 1.32. The number of ether oxygens (including phenoxy) is 2. The number of hydrogen-bond donors (Lipinski definition) is 1. The van der Waals surface area contributed by atoms with Gasteiger partial charge in [-0.3, -0.25) is 14.9 Å². The topological polar surface area (TPSA) is 90.7 Å². The molecule has 0 fully saturated rings. The molecule has 0 aromatic heterocycles. The maximum absolute atomic E-state index is 11.3. The maximum Gasteiger partial charge on any atom is 0.314 e. The lowest BCUT2D eigenvalue weighted by atomic mass is 10.2. The van der Waals surface area contributed by atoms with Crippen molar-refractivity contribution in [3.63, 3.8) is 0 Å². The van der Waals surface area contributed by atoms with Crippen molar-refractivity contribution in [1.82, 2.24) is 0 Å². The first kappa shape index (κ1) is 16.3. The molecule has 0 saturated carbocycles. The number of nitrogens with zero attached hydrogens (tertiary/aromatic N) is 1. The molecule has 2 aromatic rings. The molecule has 0 aliphatic heterocycles. The van der Waals surface area contributed by atoms with E-state index in [1.807, 2.05) is 30.3 Å². The van der Waals surface area contributed by atoms with Crippen LogP contribution in [0.5, 0.6) is 11.5 Å². The van der Waals surface area contributed by atoms with Gasteiger partial charge in [0.05, 0.1) is 23.8 Å². The Labute approximate surface area is 133 Å². The summed E-state index contributed by atoms with van der Waals surface area (Å²) in [5.74, 6) is -0.0622. The van der Waals surface area contributed by atoms with E-state index in [4.69, 9.17) is 9.47 Å². The molecule has 0 bridgehead atoms. The van der Waals surface area contributed by atoms with E-state index in [1.54, 1.807) is 0 Å². The molecule has 0 radical (unpaired) electrons. The van der Waals surface area contributed by atoms with Crippen LogP contribution in [0.3, 0.4) is 0 Å². The van der Waals surface area contributed by atoms with Gasteiger partial charge >= 0.3 is 5.69 Å². The predicted molar refractivity (Wildman–Crippen MR) is 84.7 cm³/mol. The predicted octanol–water partition coefficient (Wildman–Crippen LogP) is 3.14. The standard InChI is InChI=1S/C16H16N2O5/c1-11(19)17-13-8-16(22-2)14(18(20)21)9-15(13)23-10-12-6-4-3-5-7-12/h3-9H,10H2,1-2H3,(H,17,19). The molecule has 0 aliphatic carbocycles. The van der Waals surface area contributed by atoms with Crippen molar-refractivity contribution in [2.24, 2.45) is 0 Å². The first-order chi connectivity index (χ1) is 11.0. The van der Waals surface area contributed by atoms with Crippen molar-refractivity contribution >= 4 is 17.3 Å². The number of carbonyl (C=O) groups is 1. The molecule has 0 saturated heterocycles. The Bertz CT molecular complexity index is 716. The maximum atomic E-state index is 11.3. The van der Waals surface area contributed by atoms with Crippen molar-refractivity contribution in [1.29, 1.82) is 0 Å². The molecule has 0 aliphatic rings. The minimum atomic E-state index is -0.564. The van der Waals surface area contributed by atoms with Gasteiger partial charge in [-0.25, -0.2) is 0 Å². The number of hydrogen-bond acceptors (Lipinski definition) is 5. The fraction of sp³-hybridized carbons (Fsp3) is 0.188. The summed E-state index contributed by atoms with van der Waals surface area (Å²) in [6.45, 7) is 1.56. The molecule has 0 unspecified atom stereocenters. The summed E-state index contributed by atoms with van der Waals surface area (Å²) in [5.41, 5.74) is 0.986. The highest BCUT2D eigenvalue weighted by atomic mass is 16.6. The van der Waals surface area contributed by atoms with Crippen LogP contribution in [-0.4, -0.2) is 17.9 Å². The van der Waals surface area contributed by atoms with Crippen LogP contribution in [0, 0.1) is 10.1 Å². The van der Waals surface area contributed by atoms with Crippen LogP contribution >= 0.6 is 0 Å². The summed E-state index contributed by atoms with van der Waals surface area (Å²) in [6.07, 6.45) is 0. The summed E-state index contributed by atoms with van der Waals surface area (Å²) < 4.78 is 10.6. The van der Waals surface area contributed by atoms with Gasteiger partial charge in [0.15, 0.2) is 5.75 Å². The number of benzene rings is 2. The van der Waals surface area contributed by atoms with Crippen molar-refractivity contribution in [3.05, 3.63) is 58.1 Å². The second kappa shape index (κ2) is 7.26. The second-order valence-corrected chi connectivity index (χ2v) is 4.73.